The van der Waals surface area contributed by atoms with Crippen molar-refractivity contribution in [2.75, 3.05) is 0 Å². The Kier molecular flexibility index (Phi) is 5.44. The molecule has 0 saturated heterocycles. The molecule has 0 spiro atoms. The van der Waals surface area contributed by atoms with E-state index in [0.717, 1.165) is 25.0 Å². The van der Waals surface area contributed by atoms with Gasteiger partial charge < -0.3 is 0 Å². The molecule has 1 aromatic heterocycles. The Balaban J connectivity index is 1.82. The maximum Gasteiger partial charge on any atom is 0.416 e. The first-order valence-electron chi connectivity index (χ1n) is 8.64. The van der Waals surface area contributed by atoms with Crippen LogP contribution in [-0.2, 0) is 12.6 Å². The molecule has 0 N–H and O–H groups in total. The highest BCUT2D eigenvalue weighted by Crippen LogP contribution is 2.30. The van der Waals surface area contributed by atoms with Crippen molar-refractivity contribution in [3.8, 4) is 0 Å². The molecule has 1 atom stereocenters. The molecule has 0 bridgehead atoms. The van der Waals surface area contributed by atoms with E-state index in [1.54, 1.807) is 6.08 Å². The minimum absolute atomic E-state index is 0.0400. The van der Waals surface area contributed by atoms with Crippen molar-refractivity contribution in [1.29, 1.82) is 0 Å². The molecule has 0 aliphatic rings. The number of nitrogens with zero attached hydrogens (tertiary/aromatic N) is 2. The summed E-state index contributed by atoms with van der Waals surface area (Å²) in [7, 11) is 0. The van der Waals surface area contributed by atoms with Gasteiger partial charge in [0.1, 0.15) is 0 Å². The van der Waals surface area contributed by atoms with Gasteiger partial charge in [-0.3, -0.25) is 9.36 Å². The zero-order valence-corrected chi connectivity index (χ0v) is 14.6. The van der Waals surface area contributed by atoms with E-state index < -0.39 is 11.7 Å². The molecule has 6 heteroatoms. The summed E-state index contributed by atoms with van der Waals surface area (Å²) in [4.78, 5) is 16.8. The first-order valence-corrected chi connectivity index (χ1v) is 8.64. The number of hydrogen-bond acceptors (Lipinski definition) is 2. The van der Waals surface area contributed by atoms with E-state index in [4.69, 9.17) is 0 Å². The molecule has 0 saturated carbocycles. The van der Waals surface area contributed by atoms with E-state index in [2.05, 4.69) is 11.6 Å². The molecule has 3 rings (SSSR count). The molecule has 0 amide bonds. The second-order valence-corrected chi connectivity index (χ2v) is 6.37. The van der Waals surface area contributed by atoms with Gasteiger partial charge >= 0.3 is 6.18 Å². The molecule has 0 aliphatic heterocycles. The van der Waals surface area contributed by atoms with Crippen molar-refractivity contribution in [2.24, 2.45) is 0 Å². The summed E-state index contributed by atoms with van der Waals surface area (Å²) in [6, 6.07) is 12.7. The van der Waals surface area contributed by atoms with Gasteiger partial charge in [-0.1, -0.05) is 36.4 Å². The van der Waals surface area contributed by atoms with Crippen LogP contribution in [0.25, 0.3) is 10.9 Å². The lowest BCUT2D eigenvalue weighted by Gasteiger charge is -2.16. The van der Waals surface area contributed by atoms with Crippen LogP contribution in [0.1, 0.15) is 30.0 Å². The average Bonchev–Trinajstić information content (AvgIpc) is 2.66. The van der Waals surface area contributed by atoms with Gasteiger partial charge in [0.15, 0.2) is 0 Å². The Morgan fingerprint density at radius 2 is 1.89 bits per heavy atom. The number of halogens is 3. The fourth-order valence-corrected chi connectivity index (χ4v) is 3.08. The number of rotatable bonds is 6. The molecule has 3 aromatic rings. The highest BCUT2D eigenvalue weighted by molar-refractivity contribution is 5.78. The quantitative estimate of drug-likeness (QED) is 0.560. The van der Waals surface area contributed by atoms with Gasteiger partial charge in [-0.05, 0) is 43.0 Å². The van der Waals surface area contributed by atoms with E-state index in [1.165, 1.54) is 22.5 Å². The summed E-state index contributed by atoms with van der Waals surface area (Å²) >= 11 is 0. The zero-order chi connectivity index (χ0) is 19.4. The van der Waals surface area contributed by atoms with Gasteiger partial charge in [0.25, 0.3) is 5.56 Å². The minimum atomic E-state index is -4.47. The Hall–Kier alpha value is -2.89. The first-order chi connectivity index (χ1) is 12.9. The van der Waals surface area contributed by atoms with Gasteiger partial charge in [-0.2, -0.15) is 13.2 Å². The third-order valence-corrected chi connectivity index (χ3v) is 4.55. The number of benzene rings is 2. The van der Waals surface area contributed by atoms with Crippen LogP contribution in [0.3, 0.4) is 0 Å². The topological polar surface area (TPSA) is 34.9 Å². The van der Waals surface area contributed by atoms with Crippen LogP contribution in [0, 0.1) is 0 Å². The fraction of sp³-hybridized carbons (Fsp3) is 0.238. The van der Waals surface area contributed by atoms with Crippen molar-refractivity contribution in [3.63, 3.8) is 0 Å². The predicted octanol–water partition coefficient (Wildman–Crippen LogP) is 5.17. The van der Waals surface area contributed by atoms with Crippen LogP contribution >= 0.6 is 0 Å². The average molecular weight is 372 g/mol. The van der Waals surface area contributed by atoms with Crippen LogP contribution in [0.2, 0.25) is 0 Å². The van der Waals surface area contributed by atoms with E-state index >= 15 is 0 Å². The molecule has 3 nitrogen and oxygen atoms in total. The normalized spacial score (nSPS) is 12.9. The minimum Gasteiger partial charge on any atom is -0.292 e. The van der Waals surface area contributed by atoms with Crippen LogP contribution in [0.4, 0.5) is 13.2 Å². The highest BCUT2D eigenvalue weighted by Gasteiger charge is 2.30. The summed E-state index contributed by atoms with van der Waals surface area (Å²) in [5.41, 5.74) is 0.0725. The van der Waals surface area contributed by atoms with Crippen molar-refractivity contribution >= 4 is 10.9 Å². The summed E-state index contributed by atoms with van der Waals surface area (Å²) in [5, 5.41) is 0.167. The van der Waals surface area contributed by atoms with Crippen LogP contribution < -0.4 is 5.56 Å². The number of hydrogen-bond donors (Lipinski definition) is 0. The van der Waals surface area contributed by atoms with Crippen molar-refractivity contribution in [2.45, 2.75) is 31.5 Å². The number of fused-ring (bicyclic) bond motifs is 1. The van der Waals surface area contributed by atoms with Gasteiger partial charge in [-0.15, -0.1) is 6.58 Å². The number of aryl methyl sites for hydroxylation is 1. The van der Waals surface area contributed by atoms with E-state index in [-0.39, 0.29) is 22.5 Å². The standard InChI is InChI=1S/C21H19F3N2O/c1-2-17(10-6-9-15-7-4-3-5-8-15)26-14-25-19-13-16(21(22,23)24)11-12-18(19)20(26)27/h2-5,7-8,11-14,17H,1,6,9-10H2/t17-/m0/s1. The van der Waals surface area contributed by atoms with Crippen LogP contribution in [-0.4, -0.2) is 9.55 Å². The molecule has 27 heavy (non-hydrogen) atoms. The molecule has 0 unspecified atom stereocenters. The summed E-state index contributed by atoms with van der Waals surface area (Å²) < 4.78 is 39.9. The van der Waals surface area contributed by atoms with Gasteiger partial charge in [0.2, 0.25) is 0 Å². The lowest BCUT2D eigenvalue weighted by molar-refractivity contribution is -0.137. The largest absolute Gasteiger partial charge is 0.416 e. The maximum absolute atomic E-state index is 12.8. The van der Waals surface area contributed by atoms with Crippen LogP contribution in [0.15, 0.2) is 72.3 Å². The van der Waals surface area contributed by atoms with E-state index in [1.807, 2.05) is 30.3 Å². The Bertz CT molecular complexity index is 994. The summed E-state index contributed by atoms with van der Waals surface area (Å²) in [6.45, 7) is 3.79. The Morgan fingerprint density at radius 1 is 1.15 bits per heavy atom. The van der Waals surface area contributed by atoms with Crippen LogP contribution in [0.5, 0.6) is 0 Å². The molecule has 0 radical (unpaired) electrons. The Morgan fingerprint density at radius 3 is 2.56 bits per heavy atom. The summed E-state index contributed by atoms with van der Waals surface area (Å²) in [5.74, 6) is 0. The van der Waals surface area contributed by atoms with Crippen molar-refractivity contribution in [3.05, 3.63) is 89.0 Å². The fourth-order valence-electron chi connectivity index (χ4n) is 3.08. The Labute approximate surface area is 154 Å². The maximum atomic E-state index is 12.8. The highest BCUT2D eigenvalue weighted by atomic mass is 19.4. The van der Waals surface area contributed by atoms with Crippen molar-refractivity contribution in [1.82, 2.24) is 9.55 Å². The number of allylic oxidation sites excluding steroid dienone is 1. The van der Waals surface area contributed by atoms with Gasteiger partial charge in [0.05, 0.1) is 28.8 Å². The molecular weight excluding hydrogens is 353 g/mol. The monoisotopic (exact) mass is 372 g/mol. The molecule has 0 fully saturated rings. The smallest absolute Gasteiger partial charge is 0.292 e. The lowest BCUT2D eigenvalue weighted by Crippen LogP contribution is -2.24. The van der Waals surface area contributed by atoms with E-state index in [0.29, 0.717) is 6.42 Å². The van der Waals surface area contributed by atoms with Gasteiger partial charge in [0, 0.05) is 0 Å². The number of aromatic nitrogens is 2. The van der Waals surface area contributed by atoms with Crippen molar-refractivity contribution < 1.29 is 13.2 Å². The number of alkyl halides is 3. The molecule has 140 valence electrons. The summed E-state index contributed by atoms with van der Waals surface area (Å²) in [6.07, 6.45) is 0.912. The molecule has 0 aliphatic carbocycles. The third-order valence-electron chi connectivity index (χ3n) is 4.55. The zero-order valence-electron chi connectivity index (χ0n) is 14.6. The SMILES string of the molecule is C=C[C@@H](CCCc1ccccc1)n1cnc2cc(C(F)(F)F)ccc2c1=O. The third kappa shape index (κ3) is 4.27. The second kappa shape index (κ2) is 7.78. The molecule has 1 heterocycles. The molecule has 2 aromatic carbocycles. The lowest BCUT2D eigenvalue weighted by atomic mass is 10.0. The van der Waals surface area contributed by atoms with Gasteiger partial charge in [-0.25, -0.2) is 4.98 Å². The first kappa shape index (κ1) is 18.9. The van der Waals surface area contributed by atoms with E-state index in [9.17, 15) is 18.0 Å². The second-order valence-electron chi connectivity index (χ2n) is 6.37. The molecular formula is C21H19F3N2O. The predicted molar refractivity (Wildman–Crippen MR) is 99.6 cm³/mol.